The minimum Gasteiger partial charge on any atom is -0.375 e. The van der Waals surface area contributed by atoms with Gasteiger partial charge in [0.2, 0.25) is 10.0 Å². The minimum absolute atomic E-state index is 0.138. The summed E-state index contributed by atoms with van der Waals surface area (Å²) in [6, 6.07) is 3.12. The molecular formula is C12H21N3O3S. The highest BCUT2D eigenvalue weighted by Crippen LogP contribution is 2.12. The Morgan fingerprint density at radius 2 is 2.05 bits per heavy atom. The Balaban J connectivity index is 2.75. The first-order chi connectivity index (χ1) is 8.80. The summed E-state index contributed by atoms with van der Waals surface area (Å²) in [5.74, 6) is 0.619. The summed E-state index contributed by atoms with van der Waals surface area (Å²) in [4.78, 5) is 4.12. The average Bonchev–Trinajstić information content (AvgIpc) is 2.37. The molecule has 1 aromatic rings. The average molecular weight is 287 g/mol. The first kappa shape index (κ1) is 15.9. The molecule has 1 heterocycles. The lowest BCUT2D eigenvalue weighted by Gasteiger charge is -2.24. The van der Waals surface area contributed by atoms with Crippen LogP contribution in [0.4, 0.5) is 5.82 Å². The van der Waals surface area contributed by atoms with E-state index in [4.69, 9.17) is 4.74 Å². The third kappa shape index (κ3) is 4.77. The van der Waals surface area contributed by atoms with E-state index in [0.717, 1.165) is 0 Å². The van der Waals surface area contributed by atoms with Crippen molar-refractivity contribution in [3.63, 3.8) is 0 Å². The molecule has 1 rings (SSSR count). The molecule has 0 aliphatic rings. The molecule has 0 bridgehead atoms. The van der Waals surface area contributed by atoms with Gasteiger partial charge in [-0.1, -0.05) is 0 Å². The van der Waals surface area contributed by atoms with Gasteiger partial charge in [-0.3, -0.25) is 0 Å². The second kappa shape index (κ2) is 6.31. The Hall–Kier alpha value is -1.18. The lowest BCUT2D eigenvalue weighted by Crippen LogP contribution is -2.40. The van der Waals surface area contributed by atoms with Crippen LogP contribution in [0.15, 0.2) is 23.2 Å². The van der Waals surface area contributed by atoms with E-state index in [2.05, 4.69) is 15.0 Å². The molecule has 0 fully saturated rings. The fraction of sp³-hybridized carbons (Fsp3) is 0.583. The smallest absolute Gasteiger partial charge is 0.242 e. The molecule has 0 amide bonds. The van der Waals surface area contributed by atoms with Gasteiger partial charge in [0.05, 0.1) is 5.60 Å². The van der Waals surface area contributed by atoms with Crippen molar-refractivity contribution in [1.82, 2.24) is 9.71 Å². The van der Waals surface area contributed by atoms with Crippen LogP contribution in [-0.4, -0.2) is 39.2 Å². The number of ether oxygens (including phenoxy) is 1. The number of nitrogens with zero attached hydrogens (tertiary/aromatic N) is 1. The van der Waals surface area contributed by atoms with Crippen molar-refractivity contribution < 1.29 is 13.2 Å². The van der Waals surface area contributed by atoms with Crippen LogP contribution in [0.2, 0.25) is 0 Å². The van der Waals surface area contributed by atoms with Gasteiger partial charge in [-0.15, -0.1) is 0 Å². The number of rotatable bonds is 7. The van der Waals surface area contributed by atoms with E-state index in [1.165, 1.54) is 12.3 Å². The van der Waals surface area contributed by atoms with Gasteiger partial charge in [0, 0.05) is 26.4 Å². The molecule has 0 saturated heterocycles. The lowest BCUT2D eigenvalue weighted by molar-refractivity contribution is -0.00515. The normalized spacial score (nSPS) is 12.4. The van der Waals surface area contributed by atoms with E-state index in [-0.39, 0.29) is 11.4 Å². The molecule has 0 unspecified atom stereocenters. The quantitative estimate of drug-likeness (QED) is 0.788. The second-order valence-electron chi connectivity index (χ2n) is 4.65. The van der Waals surface area contributed by atoms with Crippen LogP contribution in [0.1, 0.15) is 20.8 Å². The largest absolute Gasteiger partial charge is 0.375 e. The molecule has 0 atom stereocenters. The van der Waals surface area contributed by atoms with Gasteiger partial charge in [-0.25, -0.2) is 18.1 Å². The molecule has 7 heteroatoms. The van der Waals surface area contributed by atoms with Crippen LogP contribution >= 0.6 is 0 Å². The third-order valence-electron chi connectivity index (χ3n) is 2.53. The zero-order valence-corrected chi connectivity index (χ0v) is 12.5. The number of anilines is 1. The summed E-state index contributed by atoms with van der Waals surface area (Å²) in [6.45, 7) is 6.28. The summed E-state index contributed by atoms with van der Waals surface area (Å²) in [5, 5.41) is 2.83. The standard InChI is InChI=1S/C12H21N3O3S/c1-5-18-12(2,3)9-15-19(16,17)10-6-7-11(13-4)14-8-10/h6-8,15H,5,9H2,1-4H3,(H,13,14). The molecule has 0 aliphatic heterocycles. The predicted molar refractivity (Wildman–Crippen MR) is 74.7 cm³/mol. The maximum absolute atomic E-state index is 12.1. The summed E-state index contributed by atoms with van der Waals surface area (Å²) < 4.78 is 32.1. The molecule has 0 aliphatic carbocycles. The van der Waals surface area contributed by atoms with Crippen LogP contribution < -0.4 is 10.0 Å². The highest BCUT2D eigenvalue weighted by Gasteiger charge is 2.22. The number of aromatic nitrogens is 1. The summed E-state index contributed by atoms with van der Waals surface area (Å²) in [5.41, 5.74) is -0.542. The van der Waals surface area contributed by atoms with E-state index in [9.17, 15) is 8.42 Å². The Morgan fingerprint density at radius 3 is 2.53 bits per heavy atom. The Bertz CT molecular complexity index is 497. The van der Waals surface area contributed by atoms with E-state index in [1.807, 2.05) is 20.8 Å². The molecule has 0 radical (unpaired) electrons. The fourth-order valence-electron chi connectivity index (χ4n) is 1.48. The Morgan fingerprint density at radius 1 is 1.37 bits per heavy atom. The molecule has 6 nitrogen and oxygen atoms in total. The van der Waals surface area contributed by atoms with Gasteiger partial charge in [0.1, 0.15) is 10.7 Å². The second-order valence-corrected chi connectivity index (χ2v) is 6.41. The number of hydrogen-bond donors (Lipinski definition) is 2. The van der Waals surface area contributed by atoms with Gasteiger partial charge < -0.3 is 10.1 Å². The van der Waals surface area contributed by atoms with Gasteiger partial charge in [-0.05, 0) is 32.9 Å². The lowest BCUT2D eigenvalue weighted by atomic mass is 10.1. The highest BCUT2D eigenvalue weighted by molar-refractivity contribution is 7.89. The van der Waals surface area contributed by atoms with Crippen molar-refractivity contribution in [2.24, 2.45) is 0 Å². The summed E-state index contributed by atoms with van der Waals surface area (Å²) in [6.07, 6.45) is 1.32. The van der Waals surface area contributed by atoms with E-state index < -0.39 is 15.6 Å². The van der Waals surface area contributed by atoms with Gasteiger partial charge in [0.15, 0.2) is 0 Å². The van der Waals surface area contributed by atoms with Crippen LogP contribution in [-0.2, 0) is 14.8 Å². The molecule has 108 valence electrons. The maximum atomic E-state index is 12.1. The van der Waals surface area contributed by atoms with Crippen molar-refractivity contribution in [3.05, 3.63) is 18.3 Å². The third-order valence-corrected chi connectivity index (χ3v) is 3.91. The van der Waals surface area contributed by atoms with Crippen molar-refractivity contribution in [1.29, 1.82) is 0 Å². The molecule has 0 spiro atoms. The van der Waals surface area contributed by atoms with E-state index in [1.54, 1.807) is 13.1 Å². The van der Waals surface area contributed by atoms with Crippen LogP contribution in [0, 0.1) is 0 Å². The van der Waals surface area contributed by atoms with Crippen LogP contribution in [0.25, 0.3) is 0 Å². The molecule has 0 aromatic carbocycles. The van der Waals surface area contributed by atoms with Crippen molar-refractivity contribution in [2.45, 2.75) is 31.3 Å². The summed E-state index contributed by atoms with van der Waals surface area (Å²) in [7, 11) is -1.84. The molecule has 1 aromatic heterocycles. The van der Waals surface area contributed by atoms with Crippen molar-refractivity contribution in [2.75, 3.05) is 25.5 Å². The molecule has 0 saturated carbocycles. The zero-order valence-electron chi connectivity index (χ0n) is 11.7. The summed E-state index contributed by atoms with van der Waals surface area (Å²) >= 11 is 0. The molecule has 19 heavy (non-hydrogen) atoms. The number of sulfonamides is 1. The van der Waals surface area contributed by atoms with E-state index in [0.29, 0.717) is 12.4 Å². The topological polar surface area (TPSA) is 80.3 Å². The Kier molecular flexibility index (Phi) is 5.28. The Labute approximate surface area is 114 Å². The van der Waals surface area contributed by atoms with Gasteiger partial charge >= 0.3 is 0 Å². The number of pyridine rings is 1. The van der Waals surface area contributed by atoms with Crippen molar-refractivity contribution >= 4 is 15.8 Å². The fourth-order valence-corrected chi connectivity index (χ4v) is 2.62. The number of nitrogens with one attached hydrogen (secondary N) is 2. The minimum atomic E-state index is -3.56. The van der Waals surface area contributed by atoms with Crippen molar-refractivity contribution in [3.8, 4) is 0 Å². The maximum Gasteiger partial charge on any atom is 0.242 e. The monoisotopic (exact) mass is 287 g/mol. The first-order valence-electron chi connectivity index (χ1n) is 6.08. The predicted octanol–water partition coefficient (Wildman–Crippen LogP) is 1.22. The van der Waals surface area contributed by atoms with Crippen LogP contribution in [0.3, 0.4) is 0 Å². The number of hydrogen-bond acceptors (Lipinski definition) is 5. The molecular weight excluding hydrogens is 266 g/mol. The SMILES string of the molecule is CCOC(C)(C)CNS(=O)(=O)c1ccc(NC)nc1. The molecule has 2 N–H and O–H groups in total. The van der Waals surface area contributed by atoms with E-state index >= 15 is 0 Å². The highest BCUT2D eigenvalue weighted by atomic mass is 32.2. The first-order valence-corrected chi connectivity index (χ1v) is 7.56. The van der Waals surface area contributed by atoms with Crippen LogP contribution in [0.5, 0.6) is 0 Å². The van der Waals surface area contributed by atoms with Gasteiger partial charge in [0.25, 0.3) is 0 Å². The zero-order chi connectivity index (χ0) is 14.5. The van der Waals surface area contributed by atoms with Gasteiger partial charge in [-0.2, -0.15) is 0 Å².